The number of carbonyl (C=O) groups is 1. The summed E-state index contributed by atoms with van der Waals surface area (Å²) in [6.07, 6.45) is -4.71. The Balaban J connectivity index is 1.72. The molecule has 1 heterocycles. The molecule has 2 aromatic carbocycles. The number of benzene rings is 2. The van der Waals surface area contributed by atoms with E-state index in [1.807, 2.05) is 0 Å². The summed E-state index contributed by atoms with van der Waals surface area (Å²) in [6, 6.07) is 11.2. The molecule has 3 aromatic rings. The number of aromatic amines is 1. The molecule has 0 saturated heterocycles. The van der Waals surface area contributed by atoms with Gasteiger partial charge in [-0.15, -0.1) is 0 Å². The van der Waals surface area contributed by atoms with E-state index in [1.165, 1.54) is 0 Å². The molecule has 0 aliphatic heterocycles. The smallest absolute Gasteiger partial charge is 0.341 e. The molecule has 4 nitrogen and oxygen atoms in total. The maximum Gasteiger partial charge on any atom is 0.431 e. The Bertz CT molecular complexity index is 1150. The van der Waals surface area contributed by atoms with E-state index >= 15 is 0 Å². The first-order valence-electron chi connectivity index (χ1n) is 8.36. The molecule has 0 unspecified atom stereocenters. The minimum absolute atomic E-state index is 0.420. The second kappa shape index (κ2) is 6.93. The first-order chi connectivity index (χ1) is 13.6. The van der Waals surface area contributed by atoms with E-state index in [-0.39, 0.29) is 0 Å². The zero-order valence-electron chi connectivity index (χ0n) is 14.4. The summed E-state index contributed by atoms with van der Waals surface area (Å²) in [5.41, 5.74) is 0.272. The predicted molar refractivity (Wildman–Crippen MR) is 103 cm³/mol. The number of rotatable bonds is 2. The molecular formula is C20H11Cl2F3N2O2. The molecule has 0 fully saturated rings. The number of alkyl halides is 3. The van der Waals surface area contributed by atoms with Gasteiger partial charge in [-0.05, 0) is 58.7 Å². The standard InChI is InChI=1S/C20H11Cl2F3N2O2/c21-9-1-3-11-14(7-9)15-8-10(22)2-4-12(15)17(11)27-19(29)13-5-6-16(20(23,24)25)26-18(13)28/h1-8,17H,(H,26,28)(H,27,29). The molecule has 29 heavy (non-hydrogen) atoms. The van der Waals surface area contributed by atoms with E-state index in [2.05, 4.69) is 5.32 Å². The Labute approximate surface area is 172 Å². The number of amides is 1. The first kappa shape index (κ1) is 19.5. The minimum Gasteiger partial charge on any atom is -0.341 e. The lowest BCUT2D eigenvalue weighted by molar-refractivity contribution is -0.141. The molecular weight excluding hydrogens is 428 g/mol. The predicted octanol–water partition coefficient (Wildman–Crippen LogP) is 5.20. The van der Waals surface area contributed by atoms with Crippen molar-refractivity contribution in [3.8, 4) is 11.1 Å². The van der Waals surface area contributed by atoms with Crippen molar-refractivity contribution in [2.24, 2.45) is 0 Å². The Morgan fingerprint density at radius 1 is 0.931 bits per heavy atom. The van der Waals surface area contributed by atoms with Crippen LogP contribution in [0.25, 0.3) is 11.1 Å². The van der Waals surface area contributed by atoms with Gasteiger partial charge < -0.3 is 10.3 Å². The van der Waals surface area contributed by atoms with Crippen molar-refractivity contribution in [1.82, 2.24) is 10.3 Å². The molecule has 1 aliphatic carbocycles. The van der Waals surface area contributed by atoms with E-state index in [4.69, 9.17) is 23.2 Å². The van der Waals surface area contributed by atoms with Crippen molar-refractivity contribution in [3.05, 3.63) is 91.3 Å². The third kappa shape index (κ3) is 3.52. The molecule has 4 rings (SSSR count). The van der Waals surface area contributed by atoms with Crippen LogP contribution < -0.4 is 10.9 Å². The van der Waals surface area contributed by atoms with Gasteiger partial charge in [0.05, 0.1) is 6.04 Å². The SMILES string of the molecule is O=C(NC1c2ccc(Cl)cc2-c2cc(Cl)ccc21)c1ccc(C(F)(F)F)[nH]c1=O. The van der Waals surface area contributed by atoms with Crippen LogP contribution in [0.1, 0.15) is 33.2 Å². The van der Waals surface area contributed by atoms with E-state index in [9.17, 15) is 22.8 Å². The van der Waals surface area contributed by atoms with Gasteiger partial charge in [0.15, 0.2) is 0 Å². The van der Waals surface area contributed by atoms with E-state index in [0.717, 1.165) is 28.3 Å². The van der Waals surface area contributed by atoms with Gasteiger partial charge in [0.25, 0.3) is 11.5 Å². The van der Waals surface area contributed by atoms with Crippen LogP contribution in [0, 0.1) is 0 Å². The molecule has 0 saturated carbocycles. The molecule has 2 N–H and O–H groups in total. The summed E-state index contributed by atoms with van der Waals surface area (Å²) in [6.45, 7) is 0. The third-order valence-corrected chi connectivity index (χ3v) is 5.15. The number of hydrogen-bond acceptors (Lipinski definition) is 2. The Morgan fingerprint density at radius 3 is 1.97 bits per heavy atom. The molecule has 1 aliphatic rings. The molecule has 1 amide bonds. The van der Waals surface area contributed by atoms with Crippen LogP contribution in [-0.4, -0.2) is 10.9 Å². The van der Waals surface area contributed by atoms with Crippen LogP contribution >= 0.6 is 23.2 Å². The van der Waals surface area contributed by atoms with Gasteiger partial charge in [-0.2, -0.15) is 13.2 Å². The third-order valence-electron chi connectivity index (χ3n) is 4.68. The van der Waals surface area contributed by atoms with E-state index in [1.54, 1.807) is 41.4 Å². The Morgan fingerprint density at radius 2 is 1.48 bits per heavy atom. The summed E-state index contributed by atoms with van der Waals surface area (Å²) in [5, 5.41) is 3.72. The first-order valence-corrected chi connectivity index (χ1v) is 9.11. The molecule has 0 atom stereocenters. The Kier molecular flexibility index (Phi) is 4.67. The molecule has 0 radical (unpaired) electrons. The lowest BCUT2D eigenvalue weighted by Crippen LogP contribution is -2.33. The average Bonchev–Trinajstić information content (AvgIpc) is 2.93. The van der Waals surface area contributed by atoms with Gasteiger partial charge in [0, 0.05) is 10.0 Å². The summed E-state index contributed by atoms with van der Waals surface area (Å²) < 4.78 is 38.2. The number of H-pyrrole nitrogens is 1. The lowest BCUT2D eigenvalue weighted by Gasteiger charge is -2.16. The number of hydrogen-bond donors (Lipinski definition) is 2. The topological polar surface area (TPSA) is 62.0 Å². The zero-order chi connectivity index (χ0) is 20.9. The molecule has 1 aromatic heterocycles. The van der Waals surface area contributed by atoms with Crippen LogP contribution in [-0.2, 0) is 6.18 Å². The van der Waals surface area contributed by atoms with Crippen molar-refractivity contribution < 1.29 is 18.0 Å². The van der Waals surface area contributed by atoms with Crippen LogP contribution in [0.15, 0.2) is 53.3 Å². The average molecular weight is 439 g/mol. The van der Waals surface area contributed by atoms with Crippen LogP contribution in [0.2, 0.25) is 10.0 Å². The largest absolute Gasteiger partial charge is 0.431 e. The highest BCUT2D eigenvalue weighted by Crippen LogP contribution is 2.45. The zero-order valence-corrected chi connectivity index (χ0v) is 15.9. The second-order valence-electron chi connectivity index (χ2n) is 6.48. The lowest BCUT2D eigenvalue weighted by atomic mass is 10.0. The minimum atomic E-state index is -4.71. The van der Waals surface area contributed by atoms with Gasteiger partial charge in [-0.25, -0.2) is 0 Å². The maximum atomic E-state index is 12.7. The molecule has 9 heteroatoms. The number of halogens is 5. The fraction of sp³-hybridized carbons (Fsp3) is 0.100. The van der Waals surface area contributed by atoms with Crippen LogP contribution in [0.3, 0.4) is 0 Å². The van der Waals surface area contributed by atoms with Crippen molar-refractivity contribution in [1.29, 1.82) is 0 Å². The van der Waals surface area contributed by atoms with Crippen molar-refractivity contribution >= 4 is 29.1 Å². The highest BCUT2D eigenvalue weighted by Gasteiger charge is 2.34. The number of aromatic nitrogens is 1. The second-order valence-corrected chi connectivity index (χ2v) is 7.36. The number of pyridine rings is 1. The summed E-state index contributed by atoms with van der Waals surface area (Å²) in [4.78, 5) is 26.4. The molecule has 0 spiro atoms. The van der Waals surface area contributed by atoms with Crippen molar-refractivity contribution in [3.63, 3.8) is 0 Å². The summed E-state index contributed by atoms with van der Waals surface area (Å²) in [7, 11) is 0. The molecule has 148 valence electrons. The number of carbonyl (C=O) groups excluding carboxylic acids is 1. The van der Waals surface area contributed by atoms with Gasteiger partial charge in [0.1, 0.15) is 11.3 Å². The van der Waals surface area contributed by atoms with Crippen molar-refractivity contribution in [2.45, 2.75) is 12.2 Å². The van der Waals surface area contributed by atoms with Gasteiger partial charge in [-0.3, -0.25) is 9.59 Å². The summed E-state index contributed by atoms with van der Waals surface area (Å²) >= 11 is 12.2. The van der Waals surface area contributed by atoms with Crippen LogP contribution in [0.4, 0.5) is 13.2 Å². The highest BCUT2D eigenvalue weighted by molar-refractivity contribution is 6.31. The fourth-order valence-electron chi connectivity index (χ4n) is 3.38. The van der Waals surface area contributed by atoms with Gasteiger partial charge in [0.2, 0.25) is 0 Å². The summed E-state index contributed by atoms with van der Waals surface area (Å²) in [5.74, 6) is -0.798. The van der Waals surface area contributed by atoms with E-state index < -0.39 is 34.9 Å². The molecule has 0 bridgehead atoms. The van der Waals surface area contributed by atoms with Gasteiger partial charge in [-0.1, -0.05) is 35.3 Å². The van der Waals surface area contributed by atoms with Crippen molar-refractivity contribution in [2.75, 3.05) is 0 Å². The number of nitrogens with one attached hydrogen (secondary N) is 2. The normalized spacial score (nSPS) is 13.1. The van der Waals surface area contributed by atoms with Crippen LogP contribution in [0.5, 0.6) is 0 Å². The Hall–Kier alpha value is -2.77. The quantitative estimate of drug-likeness (QED) is 0.577. The van der Waals surface area contributed by atoms with E-state index in [0.29, 0.717) is 16.1 Å². The monoisotopic (exact) mass is 438 g/mol. The number of fused-ring (bicyclic) bond motifs is 3. The highest BCUT2D eigenvalue weighted by atomic mass is 35.5. The maximum absolute atomic E-state index is 12.7. The van der Waals surface area contributed by atoms with Gasteiger partial charge >= 0.3 is 6.18 Å². The fourth-order valence-corrected chi connectivity index (χ4v) is 3.72.